The molecule has 8 nitrogen and oxygen atoms in total. The van der Waals surface area contributed by atoms with Crippen LogP contribution in [0.5, 0.6) is 0 Å². The van der Waals surface area contributed by atoms with E-state index in [1.807, 2.05) is 6.07 Å². The van der Waals surface area contributed by atoms with E-state index in [1.165, 1.54) is 12.1 Å². The van der Waals surface area contributed by atoms with Gasteiger partial charge in [-0.3, -0.25) is 19.3 Å². The van der Waals surface area contributed by atoms with Gasteiger partial charge < -0.3 is 10.1 Å². The van der Waals surface area contributed by atoms with E-state index in [0.29, 0.717) is 5.56 Å². The lowest BCUT2D eigenvalue weighted by atomic mass is 10.1. The predicted octanol–water partition coefficient (Wildman–Crippen LogP) is 2.34. The average molecular weight is 397 g/mol. The SMILES string of the molecule is CCOC(=O)c1sc(NC(=O)CN2C(=O)c3ccccc3C2=O)c(C#N)c1C. The molecule has 1 aliphatic rings. The molecule has 2 heterocycles. The van der Waals surface area contributed by atoms with Crippen molar-refractivity contribution in [2.45, 2.75) is 13.8 Å². The van der Waals surface area contributed by atoms with Crippen LogP contribution in [0.25, 0.3) is 0 Å². The van der Waals surface area contributed by atoms with Crippen molar-refractivity contribution in [2.75, 3.05) is 18.5 Å². The Kier molecular flexibility index (Phi) is 5.24. The summed E-state index contributed by atoms with van der Waals surface area (Å²) < 4.78 is 4.95. The molecule has 3 amide bonds. The van der Waals surface area contributed by atoms with Gasteiger partial charge in [-0.05, 0) is 31.5 Å². The van der Waals surface area contributed by atoms with Crippen molar-refractivity contribution < 1.29 is 23.9 Å². The highest BCUT2D eigenvalue weighted by Gasteiger charge is 2.36. The molecule has 2 aromatic rings. The van der Waals surface area contributed by atoms with Crippen molar-refractivity contribution in [1.29, 1.82) is 5.26 Å². The number of fused-ring (bicyclic) bond motifs is 1. The second-order valence-corrected chi connectivity index (χ2v) is 6.90. The monoisotopic (exact) mass is 397 g/mol. The lowest BCUT2D eigenvalue weighted by molar-refractivity contribution is -0.116. The zero-order valence-electron chi connectivity index (χ0n) is 15.1. The fraction of sp³-hybridized carbons (Fsp3) is 0.211. The number of rotatable bonds is 5. The molecule has 142 valence electrons. The number of nitrogens with zero attached hydrogens (tertiary/aromatic N) is 2. The fourth-order valence-corrected chi connectivity index (χ4v) is 3.89. The molecule has 0 bridgehead atoms. The van der Waals surface area contributed by atoms with Gasteiger partial charge in [0.05, 0.1) is 23.3 Å². The van der Waals surface area contributed by atoms with Crippen LogP contribution in [0.2, 0.25) is 0 Å². The Morgan fingerprint density at radius 1 is 1.21 bits per heavy atom. The zero-order chi connectivity index (χ0) is 20.4. The zero-order valence-corrected chi connectivity index (χ0v) is 15.9. The maximum Gasteiger partial charge on any atom is 0.348 e. The number of amides is 3. The Balaban J connectivity index is 1.79. The maximum atomic E-state index is 12.4. The second kappa shape index (κ2) is 7.62. The Morgan fingerprint density at radius 3 is 2.36 bits per heavy atom. The number of hydrogen-bond acceptors (Lipinski definition) is 7. The molecule has 1 aromatic heterocycles. The van der Waals surface area contributed by atoms with Crippen molar-refractivity contribution in [1.82, 2.24) is 4.90 Å². The van der Waals surface area contributed by atoms with Gasteiger partial charge in [0.15, 0.2) is 0 Å². The van der Waals surface area contributed by atoms with Crippen LogP contribution in [0.3, 0.4) is 0 Å². The van der Waals surface area contributed by atoms with E-state index in [1.54, 1.807) is 26.0 Å². The smallest absolute Gasteiger partial charge is 0.348 e. The maximum absolute atomic E-state index is 12.4. The van der Waals surface area contributed by atoms with Crippen LogP contribution in [0.4, 0.5) is 5.00 Å². The summed E-state index contributed by atoms with van der Waals surface area (Å²) in [6.45, 7) is 2.93. The molecule has 3 rings (SSSR count). The molecular weight excluding hydrogens is 382 g/mol. The quantitative estimate of drug-likeness (QED) is 0.611. The van der Waals surface area contributed by atoms with E-state index in [0.717, 1.165) is 16.2 Å². The summed E-state index contributed by atoms with van der Waals surface area (Å²) in [5.74, 6) is -2.33. The van der Waals surface area contributed by atoms with E-state index < -0.39 is 30.2 Å². The predicted molar refractivity (Wildman–Crippen MR) is 100 cm³/mol. The van der Waals surface area contributed by atoms with Gasteiger partial charge in [0.1, 0.15) is 22.5 Å². The largest absolute Gasteiger partial charge is 0.462 e. The van der Waals surface area contributed by atoms with E-state index in [9.17, 15) is 24.4 Å². The van der Waals surface area contributed by atoms with E-state index >= 15 is 0 Å². The summed E-state index contributed by atoms with van der Waals surface area (Å²) in [7, 11) is 0. The first-order valence-electron chi connectivity index (χ1n) is 8.34. The van der Waals surface area contributed by atoms with Crippen LogP contribution in [-0.2, 0) is 9.53 Å². The van der Waals surface area contributed by atoms with Gasteiger partial charge >= 0.3 is 5.97 Å². The summed E-state index contributed by atoms with van der Waals surface area (Å²) in [5.41, 5.74) is 1.04. The number of thiophene rings is 1. The van der Waals surface area contributed by atoms with Gasteiger partial charge in [-0.1, -0.05) is 12.1 Å². The molecule has 0 unspecified atom stereocenters. The molecule has 0 saturated heterocycles. The van der Waals surface area contributed by atoms with Crippen molar-refractivity contribution in [2.24, 2.45) is 0 Å². The summed E-state index contributed by atoms with van der Waals surface area (Å²) >= 11 is 0.917. The van der Waals surface area contributed by atoms with Gasteiger partial charge in [0, 0.05) is 0 Å². The number of esters is 1. The first-order valence-corrected chi connectivity index (χ1v) is 9.16. The number of hydrogen-bond donors (Lipinski definition) is 1. The molecule has 0 fully saturated rings. The Bertz CT molecular complexity index is 1020. The van der Waals surface area contributed by atoms with Gasteiger partial charge in [-0.2, -0.15) is 5.26 Å². The Labute approximate surface area is 164 Å². The number of imide groups is 1. The van der Waals surface area contributed by atoms with Gasteiger partial charge in [-0.25, -0.2) is 4.79 Å². The lowest BCUT2D eigenvalue weighted by Crippen LogP contribution is -2.37. The van der Waals surface area contributed by atoms with E-state index in [4.69, 9.17) is 4.74 Å². The molecule has 0 saturated carbocycles. The Morgan fingerprint density at radius 2 is 1.82 bits per heavy atom. The summed E-state index contributed by atoms with van der Waals surface area (Å²) in [5, 5.41) is 12.0. The molecule has 0 atom stereocenters. The van der Waals surface area contributed by atoms with Crippen LogP contribution in [0.15, 0.2) is 24.3 Å². The van der Waals surface area contributed by atoms with Crippen LogP contribution in [-0.4, -0.2) is 41.7 Å². The van der Waals surface area contributed by atoms with Crippen LogP contribution in [0, 0.1) is 18.3 Å². The minimum atomic E-state index is -0.650. The molecule has 1 aromatic carbocycles. The lowest BCUT2D eigenvalue weighted by Gasteiger charge is -2.13. The third-order valence-electron chi connectivity index (χ3n) is 4.15. The number of benzene rings is 1. The van der Waals surface area contributed by atoms with Crippen LogP contribution >= 0.6 is 11.3 Å². The summed E-state index contributed by atoms with van der Waals surface area (Å²) in [4.78, 5) is 50.2. The second-order valence-electron chi connectivity index (χ2n) is 5.88. The number of carbonyl (C=O) groups excluding carboxylic acids is 4. The molecule has 0 aliphatic carbocycles. The number of carbonyl (C=O) groups is 4. The van der Waals surface area contributed by atoms with E-state index in [-0.39, 0.29) is 33.2 Å². The topological polar surface area (TPSA) is 117 Å². The molecule has 1 aliphatic heterocycles. The van der Waals surface area contributed by atoms with Crippen molar-refractivity contribution in [3.8, 4) is 6.07 Å². The van der Waals surface area contributed by atoms with Gasteiger partial charge in [0.25, 0.3) is 11.8 Å². The molecular formula is C19H15N3O5S. The van der Waals surface area contributed by atoms with Crippen molar-refractivity contribution in [3.63, 3.8) is 0 Å². The standard InChI is InChI=1S/C19H15N3O5S/c1-3-27-19(26)15-10(2)13(8-20)16(28-15)21-14(23)9-22-17(24)11-6-4-5-7-12(11)18(22)25/h4-7H,3,9H2,1-2H3,(H,21,23). The van der Waals surface area contributed by atoms with Crippen LogP contribution in [0.1, 0.15) is 48.4 Å². The van der Waals surface area contributed by atoms with Crippen molar-refractivity contribution in [3.05, 3.63) is 51.4 Å². The number of anilines is 1. The first-order chi connectivity index (χ1) is 13.4. The highest BCUT2D eigenvalue weighted by Crippen LogP contribution is 2.33. The van der Waals surface area contributed by atoms with Crippen LogP contribution < -0.4 is 5.32 Å². The number of nitriles is 1. The number of ether oxygens (including phenoxy) is 1. The van der Waals surface area contributed by atoms with Gasteiger partial charge in [0.2, 0.25) is 5.91 Å². The number of nitrogens with one attached hydrogen (secondary N) is 1. The highest BCUT2D eigenvalue weighted by atomic mass is 32.1. The molecule has 9 heteroatoms. The third kappa shape index (κ3) is 3.25. The normalized spacial score (nSPS) is 12.5. The molecule has 1 N–H and O–H groups in total. The molecule has 28 heavy (non-hydrogen) atoms. The Hall–Kier alpha value is -3.51. The van der Waals surface area contributed by atoms with Gasteiger partial charge in [-0.15, -0.1) is 11.3 Å². The minimum absolute atomic E-state index is 0.142. The molecule has 0 spiro atoms. The first kappa shape index (κ1) is 19.3. The summed E-state index contributed by atoms with van der Waals surface area (Å²) in [6, 6.07) is 8.27. The minimum Gasteiger partial charge on any atom is -0.462 e. The average Bonchev–Trinajstić information content (AvgIpc) is 3.11. The fourth-order valence-electron chi connectivity index (χ4n) is 2.82. The van der Waals surface area contributed by atoms with Crippen molar-refractivity contribution >= 4 is 40.0 Å². The third-order valence-corrected chi connectivity index (χ3v) is 5.34. The molecule has 0 radical (unpaired) electrons. The van der Waals surface area contributed by atoms with E-state index in [2.05, 4.69) is 5.32 Å². The highest BCUT2D eigenvalue weighted by molar-refractivity contribution is 7.18. The summed E-state index contributed by atoms with van der Waals surface area (Å²) in [6.07, 6.45) is 0.